The normalized spacial score (nSPS) is 36.0. The largest absolute Gasteiger partial charge is 0.325 e. The maximum Gasteiger partial charge on any atom is 0.248 e. The third-order valence-corrected chi connectivity index (χ3v) is 5.64. The molecule has 0 amide bonds. The van der Waals surface area contributed by atoms with E-state index in [9.17, 15) is 8.78 Å². The maximum atomic E-state index is 13.9. The number of alkyl halides is 2. The molecule has 2 fully saturated rings. The number of nitrogens with zero attached hydrogens (tertiary/aromatic N) is 3. The van der Waals surface area contributed by atoms with Gasteiger partial charge in [0.05, 0.1) is 12.5 Å². The van der Waals surface area contributed by atoms with E-state index in [-0.39, 0.29) is 18.0 Å². The lowest BCUT2D eigenvalue weighted by molar-refractivity contribution is 0.0132. The first-order valence-electron chi connectivity index (χ1n) is 8.58. The van der Waals surface area contributed by atoms with E-state index in [1.165, 1.54) is 0 Å². The van der Waals surface area contributed by atoms with E-state index in [1.807, 2.05) is 0 Å². The van der Waals surface area contributed by atoms with Crippen LogP contribution in [-0.4, -0.2) is 73.8 Å². The van der Waals surface area contributed by atoms with Crippen LogP contribution in [0, 0.1) is 11.8 Å². The van der Waals surface area contributed by atoms with Crippen LogP contribution in [0.5, 0.6) is 0 Å². The molecule has 2 heterocycles. The highest BCUT2D eigenvalue weighted by Crippen LogP contribution is 2.36. The zero-order valence-electron chi connectivity index (χ0n) is 13.4. The van der Waals surface area contributed by atoms with Gasteiger partial charge in [0.15, 0.2) is 0 Å². The van der Waals surface area contributed by atoms with E-state index < -0.39 is 12.3 Å². The Morgan fingerprint density at radius 3 is 2.36 bits per heavy atom. The van der Waals surface area contributed by atoms with Crippen molar-refractivity contribution >= 4 is 5.71 Å². The van der Waals surface area contributed by atoms with Crippen LogP contribution in [0.3, 0.4) is 0 Å². The molecule has 0 aromatic heterocycles. The minimum atomic E-state index is -2.37. The van der Waals surface area contributed by atoms with Crippen molar-refractivity contribution in [2.24, 2.45) is 22.6 Å². The molecule has 22 heavy (non-hydrogen) atoms. The van der Waals surface area contributed by atoms with Crippen LogP contribution in [-0.2, 0) is 0 Å². The van der Waals surface area contributed by atoms with E-state index in [1.54, 1.807) is 0 Å². The molecule has 1 aliphatic carbocycles. The smallest absolute Gasteiger partial charge is 0.248 e. The number of aliphatic imine (C=N–C) groups is 1. The summed E-state index contributed by atoms with van der Waals surface area (Å²) in [5, 5.41) is 0. The summed E-state index contributed by atoms with van der Waals surface area (Å²) >= 11 is 0. The minimum Gasteiger partial charge on any atom is -0.325 e. The van der Waals surface area contributed by atoms with Gasteiger partial charge in [0.25, 0.3) is 0 Å². The molecule has 0 aromatic carbocycles. The lowest BCUT2D eigenvalue weighted by atomic mass is 9.79. The summed E-state index contributed by atoms with van der Waals surface area (Å²) in [4.78, 5) is 8.97. The molecule has 3 atom stereocenters. The molecule has 2 N–H and O–H groups in total. The molecule has 1 saturated carbocycles. The molecule has 0 radical (unpaired) electrons. The highest BCUT2D eigenvalue weighted by molar-refractivity contribution is 5.91. The summed E-state index contributed by atoms with van der Waals surface area (Å²) in [6, 6.07) is -0.519. The lowest BCUT2D eigenvalue weighted by Crippen LogP contribution is -2.63. The minimum absolute atomic E-state index is 0.248. The Kier molecular flexibility index (Phi) is 5.10. The lowest BCUT2D eigenvalue weighted by Gasteiger charge is -2.46. The number of hydrogen-bond acceptors (Lipinski definition) is 4. The first-order chi connectivity index (χ1) is 10.6. The zero-order chi connectivity index (χ0) is 15.7. The van der Waals surface area contributed by atoms with E-state index in [4.69, 9.17) is 5.73 Å². The van der Waals surface area contributed by atoms with Crippen LogP contribution >= 0.6 is 0 Å². The predicted molar refractivity (Wildman–Crippen MR) is 84.6 cm³/mol. The molecule has 0 spiro atoms. The summed E-state index contributed by atoms with van der Waals surface area (Å²) in [5.41, 5.74) is 7.01. The summed E-state index contributed by atoms with van der Waals surface area (Å²) in [6.07, 6.45) is 1.96. The van der Waals surface area contributed by atoms with Gasteiger partial charge < -0.3 is 10.6 Å². The van der Waals surface area contributed by atoms with Gasteiger partial charge in [-0.15, -0.1) is 0 Å². The first kappa shape index (κ1) is 16.3. The predicted octanol–water partition coefficient (Wildman–Crippen LogP) is 1.46. The molecule has 126 valence electrons. The maximum absolute atomic E-state index is 13.9. The van der Waals surface area contributed by atoms with Crippen LogP contribution in [0.15, 0.2) is 4.99 Å². The van der Waals surface area contributed by atoms with Gasteiger partial charge in [-0.25, -0.2) is 8.78 Å². The van der Waals surface area contributed by atoms with Crippen molar-refractivity contribution < 1.29 is 8.78 Å². The fourth-order valence-electron chi connectivity index (χ4n) is 4.38. The van der Waals surface area contributed by atoms with Crippen LogP contribution in [0.2, 0.25) is 0 Å². The third kappa shape index (κ3) is 3.19. The van der Waals surface area contributed by atoms with Crippen molar-refractivity contribution in [3.05, 3.63) is 0 Å². The molecule has 0 bridgehead atoms. The molecule has 4 nitrogen and oxygen atoms in total. The standard InChI is InChI=1S/C16H28F2N4/c1-21-6-8-22(9-7-21)15-12(19)10-20-14(13(15)16(17)18)11-4-2-3-5-11/h11-13,15-16H,2-10,19H2,1H3. The zero-order valence-corrected chi connectivity index (χ0v) is 13.4. The van der Waals surface area contributed by atoms with Gasteiger partial charge in [0.1, 0.15) is 0 Å². The van der Waals surface area contributed by atoms with E-state index in [0.717, 1.165) is 57.6 Å². The second-order valence-corrected chi connectivity index (χ2v) is 7.10. The monoisotopic (exact) mass is 314 g/mol. The first-order valence-corrected chi connectivity index (χ1v) is 8.58. The molecule has 3 aliphatic rings. The van der Waals surface area contributed by atoms with Crippen LogP contribution in [0.1, 0.15) is 25.7 Å². The van der Waals surface area contributed by atoms with Gasteiger partial charge >= 0.3 is 0 Å². The quantitative estimate of drug-likeness (QED) is 0.858. The molecule has 6 heteroatoms. The number of rotatable bonds is 3. The fraction of sp³-hybridized carbons (Fsp3) is 0.938. The van der Waals surface area contributed by atoms with E-state index in [2.05, 4.69) is 21.8 Å². The summed E-state index contributed by atoms with van der Waals surface area (Å²) in [5.74, 6) is -0.503. The van der Waals surface area contributed by atoms with E-state index in [0.29, 0.717) is 6.54 Å². The third-order valence-electron chi connectivity index (χ3n) is 5.64. The van der Waals surface area contributed by atoms with Gasteiger partial charge in [-0.05, 0) is 25.8 Å². The van der Waals surface area contributed by atoms with Crippen molar-refractivity contribution in [2.75, 3.05) is 39.8 Å². The van der Waals surface area contributed by atoms with Gasteiger partial charge in [-0.3, -0.25) is 9.89 Å². The SMILES string of the molecule is CN1CCN(C2C(N)CN=C(C3CCCC3)C2C(F)F)CC1. The van der Waals surface area contributed by atoms with E-state index >= 15 is 0 Å². The van der Waals surface area contributed by atoms with Crippen molar-refractivity contribution in [3.8, 4) is 0 Å². The van der Waals surface area contributed by atoms with Crippen LogP contribution in [0.4, 0.5) is 8.78 Å². The second kappa shape index (κ2) is 6.89. The Labute approximate surface area is 131 Å². The van der Waals surface area contributed by atoms with Gasteiger partial charge in [-0.1, -0.05) is 12.8 Å². The molecule has 1 saturated heterocycles. The Bertz CT molecular complexity index is 401. The highest BCUT2D eigenvalue weighted by Gasteiger charge is 2.46. The number of likely N-dealkylation sites (N-methyl/N-ethyl adjacent to an activating group) is 1. The number of halogens is 2. The number of piperazine rings is 1. The number of hydrogen-bond donors (Lipinski definition) is 1. The molecule has 3 rings (SSSR count). The molecular weight excluding hydrogens is 286 g/mol. The average molecular weight is 314 g/mol. The van der Waals surface area contributed by atoms with Crippen LogP contribution in [0.25, 0.3) is 0 Å². The fourth-order valence-corrected chi connectivity index (χ4v) is 4.38. The van der Waals surface area contributed by atoms with Crippen molar-refractivity contribution in [1.82, 2.24) is 9.80 Å². The highest BCUT2D eigenvalue weighted by atomic mass is 19.3. The second-order valence-electron chi connectivity index (χ2n) is 7.10. The molecule has 0 aromatic rings. The summed E-state index contributed by atoms with van der Waals surface area (Å²) < 4.78 is 27.8. The number of nitrogens with two attached hydrogens (primary N) is 1. The average Bonchev–Trinajstić information content (AvgIpc) is 3.02. The Hall–Kier alpha value is -0.590. The van der Waals surface area contributed by atoms with Gasteiger partial charge in [0, 0.05) is 44.0 Å². The Morgan fingerprint density at radius 1 is 1.14 bits per heavy atom. The Balaban J connectivity index is 1.81. The summed E-state index contributed by atoms with van der Waals surface area (Å²) in [6.45, 7) is 4.02. The topological polar surface area (TPSA) is 44.9 Å². The van der Waals surface area contributed by atoms with Crippen molar-refractivity contribution in [2.45, 2.75) is 44.2 Å². The van der Waals surface area contributed by atoms with Gasteiger partial charge in [0.2, 0.25) is 6.43 Å². The Morgan fingerprint density at radius 2 is 1.77 bits per heavy atom. The molecular formula is C16H28F2N4. The van der Waals surface area contributed by atoms with Crippen molar-refractivity contribution in [1.29, 1.82) is 0 Å². The molecule has 2 aliphatic heterocycles. The van der Waals surface area contributed by atoms with Gasteiger partial charge in [-0.2, -0.15) is 0 Å². The van der Waals surface area contributed by atoms with Crippen molar-refractivity contribution in [3.63, 3.8) is 0 Å². The summed E-state index contributed by atoms with van der Waals surface area (Å²) in [7, 11) is 2.08. The van der Waals surface area contributed by atoms with Crippen LogP contribution < -0.4 is 5.73 Å². The molecule has 3 unspecified atom stereocenters.